The van der Waals surface area contributed by atoms with Crippen molar-refractivity contribution in [3.63, 3.8) is 0 Å². The van der Waals surface area contributed by atoms with Gasteiger partial charge in [0.25, 0.3) is 0 Å². The second-order valence-corrected chi connectivity index (χ2v) is 11.4. The maximum atomic E-state index is 12.7. The van der Waals surface area contributed by atoms with Gasteiger partial charge in [-0.25, -0.2) is 4.98 Å². The van der Waals surface area contributed by atoms with Crippen LogP contribution in [-0.4, -0.2) is 45.7 Å². The van der Waals surface area contributed by atoms with Crippen LogP contribution in [0.2, 0.25) is 0 Å². The van der Waals surface area contributed by atoms with Gasteiger partial charge in [-0.15, -0.1) is 5.10 Å². The van der Waals surface area contributed by atoms with Gasteiger partial charge in [0.15, 0.2) is 5.82 Å². The molecule has 2 aromatic carbocycles. The van der Waals surface area contributed by atoms with Crippen molar-refractivity contribution in [3.8, 4) is 11.3 Å². The van der Waals surface area contributed by atoms with Crippen molar-refractivity contribution in [1.29, 1.82) is 0 Å². The zero-order valence-corrected chi connectivity index (χ0v) is 22.8. The topological polar surface area (TPSA) is 74.6 Å². The van der Waals surface area contributed by atoms with E-state index < -0.39 is 0 Å². The van der Waals surface area contributed by atoms with Gasteiger partial charge in [0.2, 0.25) is 16.0 Å². The molecule has 0 fully saturated rings. The van der Waals surface area contributed by atoms with Gasteiger partial charge in [-0.05, 0) is 53.0 Å². The molecule has 2 N–H and O–H groups in total. The maximum Gasteiger partial charge on any atom is 0.239 e. The Bertz CT molecular complexity index is 1300. The summed E-state index contributed by atoms with van der Waals surface area (Å²) in [5, 5.41) is 12.3. The first-order valence-corrected chi connectivity index (χ1v) is 13.2. The number of hydrogen-bond donors (Lipinski definition) is 2. The van der Waals surface area contributed by atoms with Gasteiger partial charge < -0.3 is 15.5 Å². The third-order valence-electron chi connectivity index (χ3n) is 5.83. The molecule has 0 aliphatic rings. The number of benzene rings is 2. The summed E-state index contributed by atoms with van der Waals surface area (Å²) in [6.45, 7) is 10.7. The van der Waals surface area contributed by atoms with E-state index in [1.54, 1.807) is 0 Å². The Labute approximate surface area is 217 Å². The van der Waals surface area contributed by atoms with Crippen LogP contribution in [0.4, 0.5) is 10.9 Å². The number of aryl methyl sites for hydroxylation is 2. The summed E-state index contributed by atoms with van der Waals surface area (Å²) in [4.78, 5) is 20.3. The molecule has 0 spiro atoms. The number of rotatable bonds is 9. The average molecular weight is 505 g/mol. The molecule has 7 nitrogen and oxygen atoms in total. The highest BCUT2D eigenvalue weighted by atomic mass is 32.1. The van der Waals surface area contributed by atoms with Crippen LogP contribution >= 0.6 is 11.3 Å². The third kappa shape index (κ3) is 6.43. The van der Waals surface area contributed by atoms with Crippen molar-refractivity contribution in [2.45, 2.75) is 59.0 Å². The third-order valence-corrected chi connectivity index (χ3v) is 6.86. The second-order valence-electron chi connectivity index (χ2n) is 10.5. The van der Waals surface area contributed by atoms with E-state index in [1.807, 2.05) is 34.7 Å². The highest BCUT2D eigenvalue weighted by molar-refractivity contribution is 7.20. The quantitative estimate of drug-likeness (QED) is 0.313. The van der Waals surface area contributed by atoms with E-state index in [4.69, 9.17) is 10.1 Å². The molecular weight excluding hydrogens is 468 g/mol. The van der Waals surface area contributed by atoms with E-state index in [0.29, 0.717) is 0 Å². The standard InChI is InChI=1S/C28H36N6OS/c1-19-12-16-22(17-13-19)24-25(31-28(3,4)5)34-26(30-24)36-27(32-34)33(6)18-23(35)29-20(2)14-15-21-10-8-7-9-11-21/h7-13,16-17,20,31H,14-15,18H2,1-6H3,(H,29,35)/t20-/m1/s1. The number of nitrogens with zero attached hydrogens (tertiary/aromatic N) is 4. The summed E-state index contributed by atoms with van der Waals surface area (Å²) < 4.78 is 1.86. The molecule has 1 amide bonds. The number of nitrogens with one attached hydrogen (secondary N) is 2. The van der Waals surface area contributed by atoms with Crippen molar-refractivity contribution in [2.24, 2.45) is 0 Å². The monoisotopic (exact) mass is 504 g/mol. The van der Waals surface area contributed by atoms with Crippen molar-refractivity contribution >= 4 is 33.2 Å². The molecule has 190 valence electrons. The lowest BCUT2D eigenvalue weighted by atomic mass is 10.1. The maximum absolute atomic E-state index is 12.7. The number of anilines is 2. The molecular formula is C28H36N6OS. The van der Waals surface area contributed by atoms with Gasteiger partial charge in [-0.2, -0.15) is 4.52 Å². The highest BCUT2D eigenvalue weighted by Gasteiger charge is 2.23. The zero-order valence-electron chi connectivity index (χ0n) is 22.0. The molecule has 0 aliphatic carbocycles. The molecule has 0 radical (unpaired) electrons. The Hall–Kier alpha value is -3.39. The first-order chi connectivity index (χ1) is 17.1. The van der Waals surface area contributed by atoms with Crippen LogP contribution in [0, 0.1) is 6.92 Å². The molecule has 0 aliphatic heterocycles. The lowest BCUT2D eigenvalue weighted by Gasteiger charge is -2.22. The van der Waals surface area contributed by atoms with Crippen LogP contribution in [0.1, 0.15) is 45.2 Å². The fraction of sp³-hybridized carbons (Fsp3) is 0.393. The van der Waals surface area contributed by atoms with E-state index in [1.165, 1.54) is 22.5 Å². The van der Waals surface area contributed by atoms with Gasteiger partial charge in [0, 0.05) is 24.2 Å². The minimum Gasteiger partial charge on any atom is -0.364 e. The highest BCUT2D eigenvalue weighted by Crippen LogP contribution is 2.34. The molecule has 4 rings (SSSR count). The lowest BCUT2D eigenvalue weighted by Crippen LogP contribution is -2.40. The van der Waals surface area contributed by atoms with Crippen molar-refractivity contribution in [2.75, 3.05) is 23.8 Å². The van der Waals surface area contributed by atoms with E-state index in [2.05, 4.69) is 81.7 Å². The van der Waals surface area contributed by atoms with E-state index in [0.717, 1.165) is 40.0 Å². The number of aromatic nitrogens is 3. The van der Waals surface area contributed by atoms with Gasteiger partial charge in [0.1, 0.15) is 5.69 Å². The summed E-state index contributed by atoms with van der Waals surface area (Å²) in [5.41, 5.74) is 4.25. The SMILES string of the molecule is Cc1ccc(-c2nc3sc(N(C)CC(=O)N[C@H](C)CCc4ccccc4)nn3c2NC(C)(C)C)cc1. The predicted octanol–water partition coefficient (Wildman–Crippen LogP) is 5.55. The number of carbonyl (C=O) groups is 1. The molecule has 8 heteroatoms. The molecule has 0 bridgehead atoms. The molecule has 1 atom stereocenters. The number of hydrogen-bond acceptors (Lipinski definition) is 6. The second kappa shape index (κ2) is 10.7. The molecule has 0 unspecified atom stereocenters. The first kappa shape index (κ1) is 25.7. The minimum atomic E-state index is -0.166. The molecule has 36 heavy (non-hydrogen) atoms. The van der Waals surface area contributed by atoms with Crippen LogP contribution in [0.15, 0.2) is 54.6 Å². The fourth-order valence-corrected chi connectivity index (χ4v) is 4.84. The average Bonchev–Trinajstić information content (AvgIpc) is 3.37. The molecule has 2 heterocycles. The first-order valence-electron chi connectivity index (χ1n) is 12.4. The Kier molecular flexibility index (Phi) is 7.64. The summed E-state index contributed by atoms with van der Waals surface area (Å²) in [5.74, 6) is 0.843. The van der Waals surface area contributed by atoms with Crippen LogP contribution < -0.4 is 15.5 Å². The number of carbonyl (C=O) groups excluding carboxylic acids is 1. The Morgan fingerprint density at radius 3 is 2.47 bits per heavy atom. The van der Waals surface area contributed by atoms with Gasteiger partial charge in [-0.3, -0.25) is 4.79 Å². The predicted molar refractivity (Wildman–Crippen MR) is 150 cm³/mol. The van der Waals surface area contributed by atoms with Crippen LogP contribution in [0.3, 0.4) is 0 Å². The molecule has 0 saturated carbocycles. The van der Waals surface area contributed by atoms with Crippen molar-refractivity contribution < 1.29 is 4.79 Å². The summed E-state index contributed by atoms with van der Waals surface area (Å²) in [6.07, 6.45) is 1.84. The van der Waals surface area contributed by atoms with Crippen LogP contribution in [0.5, 0.6) is 0 Å². The molecule has 4 aromatic rings. The summed E-state index contributed by atoms with van der Waals surface area (Å²) in [6, 6.07) is 18.8. The van der Waals surface area contributed by atoms with Gasteiger partial charge in [-0.1, -0.05) is 71.5 Å². The largest absolute Gasteiger partial charge is 0.364 e. The van der Waals surface area contributed by atoms with Gasteiger partial charge >= 0.3 is 0 Å². The van der Waals surface area contributed by atoms with E-state index in [-0.39, 0.29) is 24.0 Å². The van der Waals surface area contributed by atoms with E-state index in [9.17, 15) is 4.79 Å². The molecule has 0 saturated heterocycles. The van der Waals surface area contributed by atoms with Crippen molar-refractivity contribution in [3.05, 3.63) is 65.7 Å². The van der Waals surface area contributed by atoms with Crippen LogP contribution in [0.25, 0.3) is 16.2 Å². The Balaban J connectivity index is 1.46. The lowest BCUT2D eigenvalue weighted by molar-refractivity contribution is -0.120. The molecule has 2 aromatic heterocycles. The Morgan fingerprint density at radius 1 is 1.11 bits per heavy atom. The van der Waals surface area contributed by atoms with E-state index >= 15 is 0 Å². The smallest absolute Gasteiger partial charge is 0.239 e. The summed E-state index contributed by atoms with van der Waals surface area (Å²) in [7, 11) is 1.89. The van der Waals surface area contributed by atoms with Gasteiger partial charge in [0.05, 0.1) is 6.54 Å². The zero-order chi connectivity index (χ0) is 25.9. The number of likely N-dealkylation sites (N-methyl/N-ethyl adjacent to an activating group) is 1. The van der Waals surface area contributed by atoms with Crippen molar-refractivity contribution in [1.82, 2.24) is 19.9 Å². The van der Waals surface area contributed by atoms with Crippen LogP contribution in [-0.2, 0) is 11.2 Å². The summed E-state index contributed by atoms with van der Waals surface area (Å²) >= 11 is 1.48. The number of imidazole rings is 1. The minimum absolute atomic E-state index is 0.0145. The number of fused-ring (bicyclic) bond motifs is 1. The Morgan fingerprint density at radius 2 is 1.81 bits per heavy atom. The number of amides is 1. The fourth-order valence-electron chi connectivity index (χ4n) is 3.98. The normalized spacial score (nSPS) is 12.5.